The smallest absolute Gasteiger partial charge is 0.410 e. The van der Waals surface area contributed by atoms with Crippen molar-refractivity contribution in [2.75, 3.05) is 25.0 Å². The molecule has 0 bridgehead atoms. The first-order chi connectivity index (χ1) is 23.3. The first-order valence-corrected chi connectivity index (χ1v) is 17.2. The van der Waals surface area contributed by atoms with Gasteiger partial charge in [0.1, 0.15) is 24.2 Å². The lowest BCUT2D eigenvalue weighted by molar-refractivity contribution is -0.126. The van der Waals surface area contributed by atoms with Crippen LogP contribution < -0.4 is 5.32 Å². The summed E-state index contributed by atoms with van der Waals surface area (Å²) < 4.78 is 11.1. The summed E-state index contributed by atoms with van der Waals surface area (Å²) in [6, 6.07) is 24.8. The van der Waals surface area contributed by atoms with E-state index in [-0.39, 0.29) is 31.5 Å². The lowest BCUT2D eigenvalue weighted by Crippen LogP contribution is -2.38. The number of amidine groups is 1. The number of allylic oxidation sites excluding steroid dienone is 2. The van der Waals surface area contributed by atoms with E-state index >= 15 is 0 Å². The third-order valence-corrected chi connectivity index (χ3v) is 9.38. The largest absolute Gasteiger partial charge is 0.468 e. The minimum absolute atomic E-state index is 0.0879. The number of hydrogen-bond donors (Lipinski definition) is 1. The number of nitrogens with zero attached hydrogens (tertiary/aromatic N) is 3. The highest BCUT2D eigenvalue weighted by atomic mass is 32.2. The monoisotopic (exact) mass is 666 g/mol. The average Bonchev–Trinajstić information content (AvgIpc) is 3.41. The number of ether oxygens (including phenoxy) is 2. The first kappa shape index (κ1) is 34.5. The molecule has 9 nitrogen and oxygen atoms in total. The zero-order valence-electron chi connectivity index (χ0n) is 27.6. The van der Waals surface area contributed by atoms with Gasteiger partial charge in [-0.05, 0) is 78.3 Å². The van der Waals surface area contributed by atoms with Crippen molar-refractivity contribution in [2.24, 2.45) is 4.99 Å². The molecule has 3 aromatic carbocycles. The predicted molar refractivity (Wildman–Crippen MR) is 191 cm³/mol. The number of hydrogen-bond acceptors (Lipinski definition) is 7. The predicted octanol–water partition coefficient (Wildman–Crippen LogP) is 8.31. The van der Waals surface area contributed by atoms with E-state index in [1.54, 1.807) is 23.3 Å². The molecule has 1 N–H and O–H groups in total. The number of anilines is 1. The maximum absolute atomic E-state index is 13.8. The molecule has 1 saturated heterocycles. The second kappa shape index (κ2) is 16.8. The Morgan fingerprint density at radius 1 is 1.06 bits per heavy atom. The fourth-order valence-electron chi connectivity index (χ4n) is 5.25. The van der Waals surface area contributed by atoms with Gasteiger partial charge in [0.15, 0.2) is 5.17 Å². The summed E-state index contributed by atoms with van der Waals surface area (Å²) in [5.74, 6) is 0.734. The molecule has 2 unspecified atom stereocenters. The van der Waals surface area contributed by atoms with E-state index in [0.29, 0.717) is 35.5 Å². The van der Waals surface area contributed by atoms with Gasteiger partial charge in [0.05, 0.1) is 18.5 Å². The van der Waals surface area contributed by atoms with Crippen LogP contribution in [0.3, 0.4) is 0 Å². The van der Waals surface area contributed by atoms with Crippen molar-refractivity contribution in [2.45, 2.75) is 57.8 Å². The van der Waals surface area contributed by atoms with Crippen LogP contribution in [0.2, 0.25) is 0 Å². The summed E-state index contributed by atoms with van der Waals surface area (Å²) in [6.07, 6.45) is 7.47. The molecule has 0 spiro atoms. The van der Waals surface area contributed by atoms with Crippen molar-refractivity contribution in [3.63, 3.8) is 0 Å². The van der Waals surface area contributed by atoms with E-state index in [1.807, 2.05) is 73.7 Å². The minimum Gasteiger partial charge on any atom is -0.468 e. The highest BCUT2D eigenvalue weighted by Gasteiger charge is 2.39. The number of carbonyl (C=O) groups is 3. The van der Waals surface area contributed by atoms with Gasteiger partial charge in [-0.3, -0.25) is 19.4 Å². The van der Waals surface area contributed by atoms with Crippen LogP contribution in [-0.2, 0) is 25.7 Å². The molecule has 1 fully saturated rings. The second-order valence-corrected chi connectivity index (χ2v) is 12.8. The lowest BCUT2D eigenvalue weighted by atomic mass is 9.99. The number of rotatable bonds is 13. The maximum atomic E-state index is 13.8. The Labute approximate surface area is 286 Å². The number of carbonyl (C=O) groups excluding carboxylic acids is 3. The normalized spacial score (nSPS) is 17.1. The van der Waals surface area contributed by atoms with Gasteiger partial charge in [-0.15, -0.1) is 0 Å². The Morgan fingerprint density at radius 3 is 2.48 bits per heavy atom. The van der Waals surface area contributed by atoms with E-state index in [4.69, 9.17) is 14.5 Å². The Kier molecular flexibility index (Phi) is 12.1. The third kappa shape index (κ3) is 9.16. The number of benzene rings is 3. The molecule has 0 saturated carbocycles. The van der Waals surface area contributed by atoms with Crippen molar-refractivity contribution in [1.29, 1.82) is 0 Å². The van der Waals surface area contributed by atoms with Crippen LogP contribution in [-0.4, -0.2) is 52.5 Å². The minimum atomic E-state index is -0.540. The first-order valence-electron chi connectivity index (χ1n) is 16.4. The van der Waals surface area contributed by atoms with Gasteiger partial charge in [0, 0.05) is 12.2 Å². The molecule has 10 heteroatoms. The molecule has 0 aromatic heterocycles. The van der Waals surface area contributed by atoms with Crippen LogP contribution in [0.1, 0.15) is 67.9 Å². The van der Waals surface area contributed by atoms with Crippen LogP contribution >= 0.6 is 11.8 Å². The van der Waals surface area contributed by atoms with Crippen LogP contribution in [0.5, 0.6) is 0 Å². The zero-order valence-corrected chi connectivity index (χ0v) is 28.4. The molecule has 0 radical (unpaired) electrons. The summed E-state index contributed by atoms with van der Waals surface area (Å²) in [5, 5.41) is 2.96. The molecule has 5 rings (SSSR count). The molecular weight excluding hydrogens is 625 g/mol. The highest BCUT2D eigenvalue weighted by Crippen LogP contribution is 2.41. The standard InChI is InChI=1S/C38H42N4O5S/c1-4-22-41(38(45)47-26-28-11-7-6-8-12-28)25-34(43)39-31-20-16-30(17-21-31)35-36(44)42(24-33-13-9-10-23-46-33)37(48-35)40-32-18-14-29(15-19-32)27(3)5-2/h6-8,10-21,23,27,35H,4-5,9,22,24-26H2,1-3H3,(H,39,43). The van der Waals surface area contributed by atoms with Crippen molar-refractivity contribution >= 4 is 46.2 Å². The van der Waals surface area contributed by atoms with Crippen LogP contribution in [0.25, 0.3) is 0 Å². The molecule has 3 aromatic rings. The maximum Gasteiger partial charge on any atom is 0.410 e. The topological polar surface area (TPSA) is 101 Å². The molecule has 0 aliphatic carbocycles. The van der Waals surface area contributed by atoms with E-state index < -0.39 is 11.3 Å². The molecule has 2 aliphatic rings. The SMILES string of the molecule is CCCN(CC(=O)Nc1ccc(C2SC(=Nc3ccc(C(C)CC)cc3)N(CC3=CCC=CO3)C2=O)cc1)C(=O)OCc1ccccc1. The highest BCUT2D eigenvalue weighted by molar-refractivity contribution is 8.15. The van der Waals surface area contributed by atoms with Gasteiger partial charge in [0.2, 0.25) is 11.8 Å². The van der Waals surface area contributed by atoms with Crippen molar-refractivity contribution < 1.29 is 23.9 Å². The Balaban J connectivity index is 1.25. The molecule has 48 heavy (non-hydrogen) atoms. The quantitative estimate of drug-likeness (QED) is 0.197. The van der Waals surface area contributed by atoms with Crippen molar-refractivity contribution in [1.82, 2.24) is 9.80 Å². The summed E-state index contributed by atoms with van der Waals surface area (Å²) in [7, 11) is 0. The molecule has 250 valence electrons. The fraction of sp³-hybridized carbons (Fsp3) is 0.316. The molecule has 2 aliphatic heterocycles. The number of nitrogens with one attached hydrogen (secondary N) is 1. The van der Waals surface area contributed by atoms with Gasteiger partial charge >= 0.3 is 6.09 Å². The van der Waals surface area contributed by atoms with E-state index in [0.717, 1.165) is 29.7 Å². The van der Waals surface area contributed by atoms with E-state index in [1.165, 1.54) is 22.2 Å². The lowest BCUT2D eigenvalue weighted by Gasteiger charge is -2.21. The van der Waals surface area contributed by atoms with Gasteiger partial charge in [-0.1, -0.05) is 87.1 Å². The second-order valence-electron chi connectivity index (χ2n) is 11.7. The zero-order chi connectivity index (χ0) is 33.9. The van der Waals surface area contributed by atoms with Gasteiger partial charge in [0.25, 0.3) is 0 Å². The molecular formula is C38H42N4O5S. The van der Waals surface area contributed by atoms with E-state index in [2.05, 4.69) is 31.3 Å². The Hall–Kier alpha value is -4.83. The summed E-state index contributed by atoms with van der Waals surface area (Å²) >= 11 is 1.40. The third-order valence-electron chi connectivity index (χ3n) is 8.14. The summed E-state index contributed by atoms with van der Waals surface area (Å²) in [6.45, 7) is 6.98. The van der Waals surface area contributed by atoms with Crippen molar-refractivity contribution in [3.05, 3.63) is 120 Å². The summed E-state index contributed by atoms with van der Waals surface area (Å²) in [4.78, 5) is 47.4. The molecule has 2 heterocycles. The number of amides is 3. The van der Waals surface area contributed by atoms with Crippen LogP contribution in [0, 0.1) is 0 Å². The van der Waals surface area contributed by atoms with Crippen LogP contribution in [0.4, 0.5) is 16.2 Å². The number of aliphatic imine (C=N–C) groups is 1. The van der Waals surface area contributed by atoms with Gasteiger partial charge in [-0.25, -0.2) is 9.79 Å². The van der Waals surface area contributed by atoms with Gasteiger partial charge in [-0.2, -0.15) is 0 Å². The van der Waals surface area contributed by atoms with Crippen molar-refractivity contribution in [3.8, 4) is 0 Å². The summed E-state index contributed by atoms with van der Waals surface area (Å²) in [5.41, 5.74) is 4.26. The molecule has 3 amide bonds. The fourth-order valence-corrected chi connectivity index (χ4v) is 6.42. The Bertz CT molecular complexity index is 1650. The average molecular weight is 667 g/mol. The molecule has 2 atom stereocenters. The van der Waals surface area contributed by atoms with Gasteiger partial charge < -0.3 is 14.8 Å². The number of thioether (sulfide) groups is 1. The van der Waals surface area contributed by atoms with E-state index in [9.17, 15) is 14.4 Å². The Morgan fingerprint density at radius 2 is 1.81 bits per heavy atom. The van der Waals surface area contributed by atoms with Crippen LogP contribution in [0.15, 0.2) is 108 Å².